The third kappa shape index (κ3) is 3.94. The maximum absolute atomic E-state index is 11.4. The summed E-state index contributed by atoms with van der Waals surface area (Å²) in [5.41, 5.74) is 7.39. The first-order valence-corrected chi connectivity index (χ1v) is 9.27. The molecule has 24 heavy (non-hydrogen) atoms. The van der Waals surface area contributed by atoms with Gasteiger partial charge in [-0.05, 0) is 43.9 Å². The quantitative estimate of drug-likeness (QED) is 0.801. The molecule has 0 atom stereocenters. The van der Waals surface area contributed by atoms with Gasteiger partial charge in [0.1, 0.15) is 0 Å². The highest BCUT2D eigenvalue weighted by atomic mass is 35.5. The summed E-state index contributed by atoms with van der Waals surface area (Å²) in [5.74, 6) is 1.05. The van der Waals surface area contributed by atoms with Gasteiger partial charge in [0.05, 0.1) is 11.3 Å². The number of hydrogen-bond acceptors (Lipinski definition) is 6. The molecule has 3 rings (SSSR count). The summed E-state index contributed by atoms with van der Waals surface area (Å²) >= 11 is 0. The molecular weight excluding hydrogens is 352 g/mol. The average Bonchev–Trinajstić information content (AvgIpc) is 3.01. The highest BCUT2D eigenvalue weighted by Crippen LogP contribution is 2.37. The maximum Gasteiger partial charge on any atom is 0.257 e. The van der Waals surface area contributed by atoms with Crippen molar-refractivity contribution in [2.75, 3.05) is 5.75 Å². The number of nitrogens with zero attached hydrogens (tertiary/aromatic N) is 2. The molecular formula is C15H21ClN4O3S. The average molecular weight is 373 g/mol. The summed E-state index contributed by atoms with van der Waals surface area (Å²) in [6, 6.07) is 7.32. The van der Waals surface area contributed by atoms with E-state index in [2.05, 4.69) is 14.9 Å². The van der Waals surface area contributed by atoms with Crippen LogP contribution >= 0.6 is 12.4 Å². The molecule has 132 valence electrons. The molecule has 0 radical (unpaired) electrons. The molecule has 0 unspecified atom stereocenters. The lowest BCUT2D eigenvalue weighted by Gasteiger charge is -2.34. The molecule has 0 aliphatic heterocycles. The number of sulfonamides is 1. The van der Waals surface area contributed by atoms with E-state index in [0.717, 1.165) is 30.4 Å². The van der Waals surface area contributed by atoms with Crippen LogP contribution in [0.3, 0.4) is 0 Å². The lowest BCUT2D eigenvalue weighted by molar-refractivity contribution is 0.229. The van der Waals surface area contributed by atoms with Crippen LogP contribution in [0.2, 0.25) is 0 Å². The lowest BCUT2D eigenvalue weighted by Crippen LogP contribution is -2.44. The Bertz CT molecular complexity index is 785. The Kier molecular flexibility index (Phi) is 5.64. The molecule has 2 aromatic rings. The van der Waals surface area contributed by atoms with E-state index in [1.165, 1.54) is 0 Å². The van der Waals surface area contributed by atoms with Gasteiger partial charge in [-0.3, -0.25) is 0 Å². The number of hydrogen-bond donors (Lipinski definition) is 2. The Morgan fingerprint density at radius 3 is 2.50 bits per heavy atom. The van der Waals surface area contributed by atoms with Crippen molar-refractivity contribution in [2.45, 2.75) is 38.3 Å². The Hall–Kier alpha value is -1.48. The zero-order valence-electron chi connectivity index (χ0n) is 13.4. The summed E-state index contributed by atoms with van der Waals surface area (Å²) in [4.78, 5) is 4.39. The zero-order chi connectivity index (χ0) is 16.5. The second-order valence-electron chi connectivity index (χ2n) is 5.85. The minimum Gasteiger partial charge on any atom is -0.334 e. The number of nitrogens with two attached hydrogens (primary N) is 1. The van der Waals surface area contributed by atoms with Crippen molar-refractivity contribution in [1.29, 1.82) is 0 Å². The summed E-state index contributed by atoms with van der Waals surface area (Å²) in [6.07, 6.45) is 2.84. The molecule has 1 heterocycles. The van der Waals surface area contributed by atoms with E-state index in [1.54, 1.807) is 6.92 Å². The molecule has 1 aliphatic carbocycles. The third-order valence-corrected chi connectivity index (χ3v) is 5.54. The van der Waals surface area contributed by atoms with Crippen molar-refractivity contribution in [3.63, 3.8) is 0 Å². The fourth-order valence-electron chi connectivity index (χ4n) is 2.38. The van der Waals surface area contributed by atoms with Gasteiger partial charge in [0, 0.05) is 12.1 Å². The fraction of sp³-hybridized carbons (Fsp3) is 0.467. The number of halogens is 1. The Labute approximate surface area is 147 Å². The topological polar surface area (TPSA) is 111 Å². The van der Waals surface area contributed by atoms with Gasteiger partial charge >= 0.3 is 0 Å². The van der Waals surface area contributed by atoms with Crippen LogP contribution in [0.15, 0.2) is 28.8 Å². The van der Waals surface area contributed by atoms with Gasteiger partial charge in [0.25, 0.3) is 5.89 Å². The van der Waals surface area contributed by atoms with Crippen molar-refractivity contribution in [1.82, 2.24) is 14.9 Å². The smallest absolute Gasteiger partial charge is 0.257 e. The first-order valence-electron chi connectivity index (χ1n) is 7.62. The van der Waals surface area contributed by atoms with E-state index in [9.17, 15) is 8.42 Å². The normalized spacial score (nSPS) is 16.2. The largest absolute Gasteiger partial charge is 0.334 e. The van der Waals surface area contributed by atoms with E-state index in [-0.39, 0.29) is 24.7 Å². The first-order chi connectivity index (χ1) is 10.9. The zero-order valence-corrected chi connectivity index (χ0v) is 15.0. The standard InChI is InChI=1S/C15H20N4O3S.ClH/c1-2-23(20,21)17-10-11-4-6-12(7-5-11)13-18-14(19-22-13)15(16)8-3-9-15;/h4-7,17H,2-3,8-10,16H2,1H3;1H. The summed E-state index contributed by atoms with van der Waals surface area (Å²) in [6.45, 7) is 1.86. The van der Waals surface area contributed by atoms with Crippen LogP contribution in [0.25, 0.3) is 11.5 Å². The van der Waals surface area contributed by atoms with Gasteiger partial charge in [-0.15, -0.1) is 12.4 Å². The van der Waals surface area contributed by atoms with Gasteiger partial charge in [-0.25, -0.2) is 13.1 Å². The van der Waals surface area contributed by atoms with E-state index in [0.29, 0.717) is 11.7 Å². The molecule has 1 aromatic heterocycles. The molecule has 3 N–H and O–H groups in total. The summed E-state index contributed by atoms with van der Waals surface area (Å²) in [7, 11) is -3.19. The van der Waals surface area contributed by atoms with Crippen LogP contribution < -0.4 is 10.5 Å². The molecule has 1 aromatic carbocycles. The van der Waals surface area contributed by atoms with Crippen molar-refractivity contribution in [3.8, 4) is 11.5 Å². The fourth-order valence-corrected chi connectivity index (χ4v) is 2.98. The molecule has 1 aliphatic rings. The number of benzene rings is 1. The second kappa shape index (κ2) is 7.18. The van der Waals surface area contributed by atoms with Gasteiger partial charge < -0.3 is 10.3 Å². The number of aromatic nitrogens is 2. The molecule has 7 nitrogen and oxygen atoms in total. The monoisotopic (exact) mass is 372 g/mol. The molecule has 0 bridgehead atoms. The van der Waals surface area contributed by atoms with Crippen LogP contribution in [0.4, 0.5) is 0 Å². The van der Waals surface area contributed by atoms with Crippen molar-refractivity contribution >= 4 is 22.4 Å². The summed E-state index contributed by atoms with van der Waals surface area (Å²) < 4.78 is 30.7. The highest BCUT2D eigenvalue weighted by molar-refractivity contribution is 7.89. The summed E-state index contributed by atoms with van der Waals surface area (Å²) in [5, 5.41) is 3.99. The van der Waals surface area contributed by atoms with E-state index >= 15 is 0 Å². The minimum atomic E-state index is -3.19. The van der Waals surface area contributed by atoms with E-state index in [4.69, 9.17) is 10.3 Å². The van der Waals surface area contributed by atoms with Gasteiger partial charge in [-0.2, -0.15) is 4.98 Å². The van der Waals surface area contributed by atoms with Crippen LogP contribution in [0.1, 0.15) is 37.6 Å². The van der Waals surface area contributed by atoms with Crippen LogP contribution in [-0.2, 0) is 22.1 Å². The first kappa shape index (κ1) is 18.9. The molecule has 1 fully saturated rings. The van der Waals surface area contributed by atoms with Crippen molar-refractivity contribution in [2.24, 2.45) is 5.73 Å². The molecule has 9 heteroatoms. The van der Waals surface area contributed by atoms with E-state index in [1.807, 2.05) is 24.3 Å². The SMILES string of the molecule is CCS(=O)(=O)NCc1ccc(-c2nc(C3(N)CCC3)no2)cc1.Cl. The molecule has 1 saturated carbocycles. The van der Waals surface area contributed by atoms with Gasteiger partial charge in [-0.1, -0.05) is 17.3 Å². The minimum absolute atomic E-state index is 0. The lowest BCUT2D eigenvalue weighted by atomic mass is 9.77. The predicted molar refractivity (Wildman–Crippen MR) is 93.0 cm³/mol. The van der Waals surface area contributed by atoms with E-state index < -0.39 is 15.6 Å². The van der Waals surface area contributed by atoms with Crippen molar-refractivity contribution < 1.29 is 12.9 Å². The second-order valence-corrected chi connectivity index (χ2v) is 7.95. The molecule has 0 saturated heterocycles. The molecule has 0 spiro atoms. The Morgan fingerprint density at radius 2 is 1.96 bits per heavy atom. The maximum atomic E-state index is 11.4. The van der Waals surface area contributed by atoms with Gasteiger partial charge in [0.2, 0.25) is 10.0 Å². The van der Waals surface area contributed by atoms with Crippen molar-refractivity contribution in [3.05, 3.63) is 35.7 Å². The van der Waals surface area contributed by atoms with Gasteiger partial charge in [0.15, 0.2) is 5.82 Å². The van der Waals surface area contributed by atoms with Crippen LogP contribution in [-0.4, -0.2) is 24.3 Å². The van der Waals surface area contributed by atoms with Crippen LogP contribution in [0.5, 0.6) is 0 Å². The van der Waals surface area contributed by atoms with Crippen LogP contribution in [0, 0.1) is 0 Å². The highest BCUT2D eigenvalue weighted by Gasteiger charge is 2.39. The Balaban J connectivity index is 0.00000208. The molecule has 0 amide bonds. The number of nitrogens with one attached hydrogen (secondary N) is 1. The number of rotatable bonds is 6. The third-order valence-electron chi connectivity index (χ3n) is 4.19. The Morgan fingerprint density at radius 1 is 1.29 bits per heavy atom. The predicted octanol–water partition coefficient (Wildman–Crippen LogP) is 1.94.